The Morgan fingerprint density at radius 2 is 1.88 bits per heavy atom. The summed E-state index contributed by atoms with van der Waals surface area (Å²) in [5.41, 5.74) is 3.25. The molecule has 0 saturated heterocycles. The number of rotatable bonds is 7. The maximum absolute atomic E-state index is 12.8. The maximum Gasteiger partial charge on any atom is 0.260 e. The second-order valence-corrected chi connectivity index (χ2v) is 5.98. The Bertz CT molecular complexity index is 683. The predicted molar refractivity (Wildman–Crippen MR) is 93.7 cm³/mol. The van der Waals surface area contributed by atoms with Crippen LogP contribution in [0.4, 0.5) is 4.39 Å². The van der Waals surface area contributed by atoms with Crippen molar-refractivity contribution in [2.45, 2.75) is 39.7 Å². The van der Waals surface area contributed by atoms with Gasteiger partial charge in [-0.05, 0) is 68.5 Å². The summed E-state index contributed by atoms with van der Waals surface area (Å²) >= 11 is 0. The van der Waals surface area contributed by atoms with E-state index in [2.05, 4.69) is 5.32 Å². The molecule has 0 aliphatic rings. The van der Waals surface area contributed by atoms with Crippen LogP contribution in [-0.2, 0) is 11.2 Å². The van der Waals surface area contributed by atoms with Gasteiger partial charge in [0.2, 0.25) is 0 Å². The van der Waals surface area contributed by atoms with Crippen LogP contribution in [0.1, 0.15) is 30.0 Å². The van der Waals surface area contributed by atoms with Gasteiger partial charge in [-0.3, -0.25) is 4.79 Å². The van der Waals surface area contributed by atoms with E-state index >= 15 is 0 Å². The molecule has 0 aliphatic carbocycles. The molecule has 0 fully saturated rings. The Hall–Kier alpha value is -2.36. The van der Waals surface area contributed by atoms with Crippen molar-refractivity contribution in [1.82, 2.24) is 5.32 Å². The number of nitrogens with one attached hydrogen (secondary N) is 1. The second kappa shape index (κ2) is 8.48. The van der Waals surface area contributed by atoms with Gasteiger partial charge in [0.1, 0.15) is 11.6 Å². The molecule has 2 rings (SSSR count). The molecule has 24 heavy (non-hydrogen) atoms. The lowest BCUT2D eigenvalue weighted by Gasteiger charge is -2.17. The molecule has 128 valence electrons. The van der Waals surface area contributed by atoms with Gasteiger partial charge in [-0.15, -0.1) is 0 Å². The molecule has 0 radical (unpaired) electrons. The van der Waals surface area contributed by atoms with E-state index in [1.807, 2.05) is 32.0 Å². The molecule has 2 aromatic carbocycles. The molecule has 3 nitrogen and oxygen atoms in total. The normalized spacial score (nSPS) is 11.8. The average molecular weight is 329 g/mol. The summed E-state index contributed by atoms with van der Waals surface area (Å²) in [7, 11) is 0. The number of hydrogen-bond acceptors (Lipinski definition) is 2. The first-order chi connectivity index (χ1) is 11.5. The summed E-state index contributed by atoms with van der Waals surface area (Å²) in [4.78, 5) is 12.1. The van der Waals surface area contributed by atoms with Crippen molar-refractivity contribution in [3.8, 4) is 5.75 Å². The van der Waals surface area contributed by atoms with Crippen molar-refractivity contribution in [2.24, 2.45) is 0 Å². The number of aryl methyl sites for hydroxylation is 2. The summed E-state index contributed by atoms with van der Waals surface area (Å²) in [5.74, 6) is 0.378. The summed E-state index contributed by atoms with van der Waals surface area (Å²) in [6.07, 6.45) is 1.05. The number of halogens is 1. The molecule has 0 bridgehead atoms. The van der Waals surface area contributed by atoms with Crippen LogP contribution in [0.5, 0.6) is 5.75 Å². The lowest BCUT2D eigenvalue weighted by molar-refractivity contribution is -0.127. The van der Waals surface area contributed by atoms with E-state index in [-0.39, 0.29) is 11.7 Å². The quantitative estimate of drug-likeness (QED) is 0.781. The van der Waals surface area contributed by atoms with Gasteiger partial charge in [-0.1, -0.05) is 24.3 Å². The fourth-order valence-corrected chi connectivity index (χ4v) is 2.39. The fraction of sp³-hybridized carbons (Fsp3) is 0.350. The first-order valence-corrected chi connectivity index (χ1v) is 8.22. The molecular weight excluding hydrogens is 305 g/mol. The van der Waals surface area contributed by atoms with Gasteiger partial charge < -0.3 is 10.1 Å². The van der Waals surface area contributed by atoms with Crippen molar-refractivity contribution in [1.29, 1.82) is 0 Å². The van der Waals surface area contributed by atoms with Crippen LogP contribution in [0.3, 0.4) is 0 Å². The predicted octanol–water partition coefficient (Wildman–Crippen LogP) is 3.96. The number of carbonyl (C=O) groups excluding carboxylic acids is 1. The van der Waals surface area contributed by atoms with Crippen molar-refractivity contribution in [3.05, 3.63) is 65.0 Å². The van der Waals surface area contributed by atoms with Crippen LogP contribution in [0.25, 0.3) is 0 Å². The Morgan fingerprint density at radius 3 is 2.58 bits per heavy atom. The van der Waals surface area contributed by atoms with Crippen LogP contribution in [-0.4, -0.2) is 18.6 Å². The molecular formula is C20H24FNO2. The Labute approximate surface area is 142 Å². The first-order valence-electron chi connectivity index (χ1n) is 8.22. The first kappa shape index (κ1) is 18.0. The van der Waals surface area contributed by atoms with Gasteiger partial charge in [0.25, 0.3) is 5.91 Å². The summed E-state index contributed by atoms with van der Waals surface area (Å²) in [6, 6.07) is 12.3. The molecule has 4 heteroatoms. The molecule has 1 unspecified atom stereocenters. The van der Waals surface area contributed by atoms with E-state index in [9.17, 15) is 9.18 Å². The monoisotopic (exact) mass is 329 g/mol. The lowest BCUT2D eigenvalue weighted by atomic mass is 10.1. The Kier molecular flexibility index (Phi) is 6.36. The minimum Gasteiger partial charge on any atom is -0.481 e. The molecule has 0 heterocycles. The minimum absolute atomic E-state index is 0.130. The van der Waals surface area contributed by atoms with Crippen LogP contribution in [0.2, 0.25) is 0 Å². The Morgan fingerprint density at radius 1 is 1.17 bits per heavy atom. The van der Waals surface area contributed by atoms with Gasteiger partial charge in [0.15, 0.2) is 6.10 Å². The Balaban J connectivity index is 1.75. The van der Waals surface area contributed by atoms with E-state index in [4.69, 9.17) is 4.74 Å². The maximum atomic E-state index is 12.8. The lowest BCUT2D eigenvalue weighted by Crippen LogP contribution is -2.37. The third kappa shape index (κ3) is 5.08. The molecule has 1 atom stereocenters. The number of amides is 1. The highest BCUT2D eigenvalue weighted by atomic mass is 19.1. The molecule has 1 amide bonds. The second-order valence-electron chi connectivity index (χ2n) is 5.98. The summed E-state index contributed by atoms with van der Waals surface area (Å²) in [5, 5.41) is 2.88. The molecule has 0 spiro atoms. The van der Waals surface area contributed by atoms with Crippen molar-refractivity contribution in [2.75, 3.05) is 6.54 Å². The van der Waals surface area contributed by atoms with E-state index in [1.54, 1.807) is 19.1 Å². The topological polar surface area (TPSA) is 38.3 Å². The molecule has 1 N–H and O–H groups in total. The number of hydrogen-bond donors (Lipinski definition) is 1. The van der Waals surface area contributed by atoms with Crippen molar-refractivity contribution < 1.29 is 13.9 Å². The fourth-order valence-electron chi connectivity index (χ4n) is 2.39. The van der Waals surface area contributed by atoms with E-state index in [0.29, 0.717) is 6.54 Å². The number of ether oxygens (including phenoxy) is 1. The zero-order chi connectivity index (χ0) is 17.5. The van der Waals surface area contributed by atoms with Crippen LogP contribution < -0.4 is 10.1 Å². The summed E-state index contributed by atoms with van der Waals surface area (Å²) in [6.45, 7) is 6.31. The standard InChI is InChI=1S/C20H24FNO2/c1-14-6-4-8-19(15(14)2)24-16(3)20(23)22-13-5-7-17-9-11-18(21)12-10-17/h4,6,8-12,16H,5,7,13H2,1-3H3,(H,22,23). The van der Waals surface area contributed by atoms with Crippen molar-refractivity contribution in [3.63, 3.8) is 0 Å². The number of carbonyl (C=O) groups is 1. The summed E-state index contributed by atoms with van der Waals surface area (Å²) < 4.78 is 18.6. The number of benzene rings is 2. The van der Waals surface area contributed by atoms with E-state index in [0.717, 1.165) is 35.3 Å². The third-order valence-corrected chi connectivity index (χ3v) is 4.08. The highest BCUT2D eigenvalue weighted by Gasteiger charge is 2.15. The zero-order valence-electron chi connectivity index (χ0n) is 14.4. The minimum atomic E-state index is -0.545. The van der Waals surface area contributed by atoms with Gasteiger partial charge in [0.05, 0.1) is 0 Å². The SMILES string of the molecule is Cc1cccc(OC(C)C(=O)NCCCc2ccc(F)cc2)c1C. The van der Waals surface area contributed by atoms with Crippen molar-refractivity contribution >= 4 is 5.91 Å². The molecule has 0 aliphatic heterocycles. The van der Waals surface area contributed by atoms with Gasteiger partial charge in [-0.2, -0.15) is 0 Å². The molecule has 0 aromatic heterocycles. The molecule has 2 aromatic rings. The smallest absolute Gasteiger partial charge is 0.260 e. The van der Waals surface area contributed by atoms with E-state index < -0.39 is 6.10 Å². The highest BCUT2D eigenvalue weighted by molar-refractivity contribution is 5.80. The largest absolute Gasteiger partial charge is 0.481 e. The highest BCUT2D eigenvalue weighted by Crippen LogP contribution is 2.21. The zero-order valence-corrected chi connectivity index (χ0v) is 14.4. The third-order valence-electron chi connectivity index (χ3n) is 4.08. The van der Waals surface area contributed by atoms with Gasteiger partial charge >= 0.3 is 0 Å². The van der Waals surface area contributed by atoms with Crippen LogP contribution in [0, 0.1) is 19.7 Å². The molecule has 0 saturated carbocycles. The van der Waals surface area contributed by atoms with E-state index in [1.165, 1.54) is 12.1 Å². The van der Waals surface area contributed by atoms with Crippen LogP contribution in [0.15, 0.2) is 42.5 Å². The average Bonchev–Trinajstić information content (AvgIpc) is 2.57. The van der Waals surface area contributed by atoms with Gasteiger partial charge in [-0.25, -0.2) is 4.39 Å². The van der Waals surface area contributed by atoms with Gasteiger partial charge in [0, 0.05) is 6.54 Å². The van der Waals surface area contributed by atoms with Crippen LogP contribution >= 0.6 is 0 Å².